The standard InChI is InChI=1S/C14H19BrClNO2/c1-14(19,9-17-5-4-10(7-17)8-18)12-3-2-11(15)6-13(12)16/h2-3,6,10,18-19H,4-5,7-9H2,1H3. The van der Waals surface area contributed by atoms with Crippen molar-refractivity contribution < 1.29 is 10.2 Å². The molecule has 0 saturated carbocycles. The van der Waals surface area contributed by atoms with Gasteiger partial charge in [0.2, 0.25) is 0 Å². The monoisotopic (exact) mass is 347 g/mol. The molecule has 19 heavy (non-hydrogen) atoms. The molecule has 1 aromatic carbocycles. The van der Waals surface area contributed by atoms with Gasteiger partial charge in [-0.05, 0) is 37.9 Å². The first-order valence-corrected chi connectivity index (χ1v) is 7.60. The van der Waals surface area contributed by atoms with E-state index >= 15 is 0 Å². The molecule has 1 saturated heterocycles. The second-order valence-corrected chi connectivity index (χ2v) is 6.79. The number of nitrogens with zero attached hydrogens (tertiary/aromatic N) is 1. The predicted molar refractivity (Wildman–Crippen MR) is 80.4 cm³/mol. The number of aliphatic hydroxyl groups is 2. The van der Waals surface area contributed by atoms with Gasteiger partial charge >= 0.3 is 0 Å². The lowest BCUT2D eigenvalue weighted by molar-refractivity contribution is 0.0210. The normalized spacial score (nSPS) is 23.5. The maximum Gasteiger partial charge on any atom is 0.101 e. The van der Waals surface area contributed by atoms with Crippen molar-refractivity contribution in [3.8, 4) is 0 Å². The molecule has 1 aliphatic heterocycles. The Bertz CT molecular complexity index is 453. The van der Waals surface area contributed by atoms with Crippen molar-refractivity contribution in [2.45, 2.75) is 18.9 Å². The summed E-state index contributed by atoms with van der Waals surface area (Å²) in [5.41, 5.74) is -0.243. The fourth-order valence-corrected chi connectivity index (χ4v) is 3.53. The summed E-state index contributed by atoms with van der Waals surface area (Å²) in [5.74, 6) is 0.330. The third kappa shape index (κ3) is 3.70. The highest BCUT2D eigenvalue weighted by Gasteiger charge is 2.31. The molecule has 2 rings (SSSR count). The van der Waals surface area contributed by atoms with E-state index in [1.165, 1.54) is 0 Å². The average Bonchev–Trinajstić information content (AvgIpc) is 2.75. The van der Waals surface area contributed by atoms with Crippen molar-refractivity contribution in [3.05, 3.63) is 33.3 Å². The van der Waals surface area contributed by atoms with Crippen LogP contribution in [0.25, 0.3) is 0 Å². The van der Waals surface area contributed by atoms with Crippen LogP contribution in [0.4, 0.5) is 0 Å². The van der Waals surface area contributed by atoms with Crippen molar-refractivity contribution in [1.29, 1.82) is 0 Å². The molecule has 1 fully saturated rings. The molecule has 5 heteroatoms. The first kappa shape index (κ1) is 15.3. The van der Waals surface area contributed by atoms with Crippen LogP contribution in [0.2, 0.25) is 5.02 Å². The smallest absolute Gasteiger partial charge is 0.101 e. The summed E-state index contributed by atoms with van der Waals surface area (Å²) in [7, 11) is 0. The van der Waals surface area contributed by atoms with Gasteiger partial charge in [0.1, 0.15) is 5.60 Å². The maximum atomic E-state index is 10.7. The van der Waals surface area contributed by atoms with Crippen LogP contribution < -0.4 is 0 Å². The molecule has 1 aromatic rings. The van der Waals surface area contributed by atoms with Crippen LogP contribution in [0.3, 0.4) is 0 Å². The Hall–Kier alpha value is -0.130. The van der Waals surface area contributed by atoms with Gasteiger partial charge < -0.3 is 10.2 Å². The van der Waals surface area contributed by atoms with E-state index in [4.69, 9.17) is 16.7 Å². The Kier molecular flexibility index (Phi) is 4.90. The minimum atomic E-state index is -0.984. The number of hydrogen-bond donors (Lipinski definition) is 2. The summed E-state index contributed by atoms with van der Waals surface area (Å²) >= 11 is 9.57. The molecule has 0 amide bonds. The van der Waals surface area contributed by atoms with Crippen molar-refractivity contribution in [2.75, 3.05) is 26.2 Å². The zero-order valence-corrected chi connectivity index (χ0v) is 13.3. The second-order valence-electron chi connectivity index (χ2n) is 5.47. The molecule has 0 radical (unpaired) electrons. The second kappa shape index (κ2) is 6.10. The maximum absolute atomic E-state index is 10.7. The molecule has 1 heterocycles. The quantitative estimate of drug-likeness (QED) is 0.879. The van der Waals surface area contributed by atoms with E-state index in [9.17, 15) is 5.11 Å². The van der Waals surface area contributed by atoms with Crippen molar-refractivity contribution in [3.63, 3.8) is 0 Å². The van der Waals surface area contributed by atoms with E-state index < -0.39 is 5.60 Å². The summed E-state index contributed by atoms with van der Waals surface area (Å²) in [6.45, 7) is 4.28. The molecule has 2 unspecified atom stereocenters. The van der Waals surface area contributed by atoms with E-state index in [-0.39, 0.29) is 6.61 Å². The molecular formula is C14H19BrClNO2. The molecule has 1 aliphatic rings. The number of halogens is 2. The van der Waals surface area contributed by atoms with Gasteiger partial charge in [0.15, 0.2) is 0 Å². The first-order chi connectivity index (χ1) is 8.92. The number of rotatable bonds is 4. The Morgan fingerprint density at radius 2 is 2.26 bits per heavy atom. The van der Waals surface area contributed by atoms with Crippen molar-refractivity contribution >= 4 is 27.5 Å². The van der Waals surface area contributed by atoms with E-state index in [0.717, 1.165) is 29.5 Å². The van der Waals surface area contributed by atoms with E-state index in [1.54, 1.807) is 13.0 Å². The third-order valence-electron chi connectivity index (χ3n) is 3.67. The lowest BCUT2D eigenvalue weighted by Gasteiger charge is -2.30. The van der Waals surface area contributed by atoms with Crippen LogP contribution in [-0.4, -0.2) is 41.4 Å². The zero-order chi connectivity index (χ0) is 14.0. The fraction of sp³-hybridized carbons (Fsp3) is 0.571. The summed E-state index contributed by atoms with van der Waals surface area (Å²) in [6, 6.07) is 5.54. The first-order valence-electron chi connectivity index (χ1n) is 6.43. The van der Waals surface area contributed by atoms with E-state index in [1.807, 2.05) is 12.1 Å². The predicted octanol–water partition coefficient (Wildman–Crippen LogP) is 2.62. The van der Waals surface area contributed by atoms with Gasteiger partial charge in [0, 0.05) is 34.8 Å². The molecule has 0 aliphatic carbocycles. The number of likely N-dealkylation sites (tertiary alicyclic amines) is 1. The SMILES string of the molecule is CC(O)(CN1CCC(CO)C1)c1ccc(Br)cc1Cl. The fourth-order valence-electron chi connectivity index (χ4n) is 2.65. The number of benzene rings is 1. The number of β-amino-alcohol motifs (C(OH)–C–C–N with tert-alkyl or cyclic N) is 1. The topological polar surface area (TPSA) is 43.7 Å². The van der Waals surface area contributed by atoms with Crippen LogP contribution in [0.5, 0.6) is 0 Å². The van der Waals surface area contributed by atoms with Gasteiger partial charge in [-0.2, -0.15) is 0 Å². The summed E-state index contributed by atoms with van der Waals surface area (Å²) in [6.07, 6.45) is 0.987. The summed E-state index contributed by atoms with van der Waals surface area (Å²) in [5, 5.41) is 20.4. The molecule has 2 atom stereocenters. The van der Waals surface area contributed by atoms with Gasteiger partial charge in [-0.3, -0.25) is 4.90 Å². The minimum Gasteiger partial charge on any atom is -0.396 e. The molecular weight excluding hydrogens is 330 g/mol. The molecule has 0 spiro atoms. The lowest BCUT2D eigenvalue weighted by Crippen LogP contribution is -2.38. The highest BCUT2D eigenvalue weighted by molar-refractivity contribution is 9.10. The Morgan fingerprint density at radius 3 is 2.84 bits per heavy atom. The van der Waals surface area contributed by atoms with Gasteiger partial charge in [0.25, 0.3) is 0 Å². The average molecular weight is 349 g/mol. The molecule has 106 valence electrons. The van der Waals surface area contributed by atoms with Gasteiger partial charge in [0.05, 0.1) is 0 Å². The molecule has 2 N–H and O–H groups in total. The number of aliphatic hydroxyl groups excluding tert-OH is 1. The molecule has 3 nitrogen and oxygen atoms in total. The third-order valence-corrected chi connectivity index (χ3v) is 4.48. The summed E-state index contributed by atoms with van der Waals surface area (Å²) in [4.78, 5) is 2.18. The van der Waals surface area contributed by atoms with Crippen molar-refractivity contribution in [1.82, 2.24) is 4.90 Å². The molecule has 0 bridgehead atoms. The minimum absolute atomic E-state index is 0.220. The Balaban J connectivity index is 2.09. The molecule has 0 aromatic heterocycles. The Morgan fingerprint density at radius 1 is 1.53 bits per heavy atom. The van der Waals surface area contributed by atoms with Gasteiger partial charge in [-0.1, -0.05) is 33.6 Å². The Labute approximate surface area is 127 Å². The summed E-state index contributed by atoms with van der Waals surface area (Å²) < 4.78 is 0.901. The van der Waals surface area contributed by atoms with Gasteiger partial charge in [-0.15, -0.1) is 0 Å². The largest absolute Gasteiger partial charge is 0.396 e. The zero-order valence-electron chi connectivity index (χ0n) is 10.9. The lowest BCUT2D eigenvalue weighted by atomic mass is 9.95. The van der Waals surface area contributed by atoms with Crippen molar-refractivity contribution in [2.24, 2.45) is 5.92 Å². The highest BCUT2D eigenvalue weighted by atomic mass is 79.9. The van der Waals surface area contributed by atoms with Crippen LogP contribution >= 0.6 is 27.5 Å². The van der Waals surface area contributed by atoms with Crippen LogP contribution in [0, 0.1) is 5.92 Å². The highest BCUT2D eigenvalue weighted by Crippen LogP contribution is 2.32. The number of hydrogen-bond acceptors (Lipinski definition) is 3. The van der Waals surface area contributed by atoms with E-state index in [0.29, 0.717) is 17.5 Å². The van der Waals surface area contributed by atoms with Gasteiger partial charge in [-0.25, -0.2) is 0 Å². The van der Waals surface area contributed by atoms with Crippen LogP contribution in [0.1, 0.15) is 18.9 Å². The van der Waals surface area contributed by atoms with E-state index in [2.05, 4.69) is 20.8 Å². The van der Waals surface area contributed by atoms with Crippen LogP contribution in [-0.2, 0) is 5.60 Å². The van der Waals surface area contributed by atoms with Crippen LogP contribution in [0.15, 0.2) is 22.7 Å².